The maximum atomic E-state index is 9.84. The highest BCUT2D eigenvalue weighted by Gasteiger charge is 2.35. The zero-order valence-corrected chi connectivity index (χ0v) is 12.4. The number of phenols is 2. The van der Waals surface area contributed by atoms with E-state index in [9.17, 15) is 10.2 Å². The summed E-state index contributed by atoms with van der Waals surface area (Å²) in [7, 11) is 0. The van der Waals surface area contributed by atoms with Crippen LogP contribution in [0.3, 0.4) is 0 Å². The lowest BCUT2D eigenvalue weighted by Crippen LogP contribution is -2.42. The summed E-state index contributed by atoms with van der Waals surface area (Å²) < 4.78 is 0. The van der Waals surface area contributed by atoms with Crippen molar-refractivity contribution in [2.24, 2.45) is 0 Å². The van der Waals surface area contributed by atoms with E-state index in [-0.39, 0.29) is 29.8 Å². The van der Waals surface area contributed by atoms with Crippen LogP contribution in [0.25, 0.3) is 0 Å². The highest BCUT2D eigenvalue weighted by atomic mass is 35.5. The van der Waals surface area contributed by atoms with Crippen LogP contribution < -0.4 is 5.32 Å². The molecule has 21 heavy (non-hydrogen) atoms. The number of hydrogen-bond acceptors (Lipinski definition) is 3. The van der Waals surface area contributed by atoms with Crippen LogP contribution in [-0.2, 0) is 13.0 Å². The van der Waals surface area contributed by atoms with Crippen LogP contribution in [0.1, 0.15) is 34.6 Å². The Morgan fingerprint density at radius 1 is 0.952 bits per heavy atom. The summed E-state index contributed by atoms with van der Waals surface area (Å²) >= 11 is 0. The van der Waals surface area contributed by atoms with Crippen LogP contribution in [0, 0.1) is 0 Å². The summed E-state index contributed by atoms with van der Waals surface area (Å²) in [5.41, 5.74) is 4.98. The summed E-state index contributed by atoms with van der Waals surface area (Å²) in [6, 6.07) is 12.4. The largest absolute Gasteiger partial charge is 0.504 e. The molecule has 0 saturated heterocycles. The van der Waals surface area contributed by atoms with Gasteiger partial charge in [0.2, 0.25) is 0 Å². The van der Waals surface area contributed by atoms with Crippen molar-refractivity contribution in [3.05, 3.63) is 58.7 Å². The van der Waals surface area contributed by atoms with Crippen LogP contribution in [-0.4, -0.2) is 16.3 Å². The third kappa shape index (κ3) is 2.17. The first-order chi connectivity index (χ1) is 9.74. The molecule has 2 aromatic carbocycles. The Labute approximate surface area is 130 Å². The summed E-state index contributed by atoms with van der Waals surface area (Å²) in [5, 5.41) is 23.2. The van der Waals surface area contributed by atoms with Gasteiger partial charge in [-0.15, -0.1) is 12.4 Å². The molecular weight excluding hydrogens is 286 g/mol. The molecule has 0 unspecified atom stereocenters. The number of phenolic OH excluding ortho intramolecular Hbond substituents is 2. The monoisotopic (exact) mass is 303 g/mol. The molecule has 1 heterocycles. The SMILES string of the molecule is Cl.Oc1cc2c(cc1O)[C@@H]1c3ccccc3CN[C@H]1CC2. The maximum Gasteiger partial charge on any atom is 0.157 e. The first-order valence-corrected chi connectivity index (χ1v) is 7.10. The molecule has 4 rings (SSSR count). The lowest BCUT2D eigenvalue weighted by Gasteiger charge is -2.39. The van der Waals surface area contributed by atoms with E-state index < -0.39 is 0 Å². The summed E-state index contributed by atoms with van der Waals surface area (Å²) in [4.78, 5) is 0. The Balaban J connectivity index is 0.00000132. The second-order valence-electron chi connectivity index (χ2n) is 5.74. The molecule has 0 saturated carbocycles. The molecular formula is C17H18ClNO2. The molecule has 0 fully saturated rings. The van der Waals surface area contributed by atoms with Crippen molar-refractivity contribution < 1.29 is 10.2 Å². The van der Waals surface area contributed by atoms with Crippen molar-refractivity contribution in [2.75, 3.05) is 0 Å². The molecule has 0 aromatic heterocycles. The van der Waals surface area contributed by atoms with Gasteiger partial charge in [0.25, 0.3) is 0 Å². The Morgan fingerprint density at radius 2 is 1.71 bits per heavy atom. The van der Waals surface area contributed by atoms with Gasteiger partial charge in [0, 0.05) is 18.5 Å². The van der Waals surface area contributed by atoms with E-state index in [1.54, 1.807) is 12.1 Å². The Hall–Kier alpha value is -1.71. The lowest BCUT2D eigenvalue weighted by atomic mass is 9.72. The quantitative estimate of drug-likeness (QED) is 0.656. The van der Waals surface area contributed by atoms with Crippen molar-refractivity contribution in [2.45, 2.75) is 31.3 Å². The normalized spacial score (nSPS) is 22.5. The molecule has 2 atom stereocenters. The molecule has 2 aliphatic rings. The fourth-order valence-corrected chi connectivity index (χ4v) is 3.68. The first-order valence-electron chi connectivity index (χ1n) is 7.10. The van der Waals surface area contributed by atoms with Crippen molar-refractivity contribution in [3.63, 3.8) is 0 Å². The minimum Gasteiger partial charge on any atom is -0.504 e. The van der Waals surface area contributed by atoms with Gasteiger partial charge in [-0.2, -0.15) is 0 Å². The molecule has 1 aliphatic heterocycles. The van der Waals surface area contributed by atoms with E-state index in [0.29, 0.717) is 6.04 Å². The zero-order valence-electron chi connectivity index (χ0n) is 11.5. The fraction of sp³-hybridized carbons (Fsp3) is 0.294. The van der Waals surface area contributed by atoms with Gasteiger partial charge in [0.1, 0.15) is 0 Å². The summed E-state index contributed by atoms with van der Waals surface area (Å²) in [6.07, 6.45) is 2.01. The third-order valence-electron chi connectivity index (χ3n) is 4.64. The van der Waals surface area contributed by atoms with Gasteiger partial charge < -0.3 is 15.5 Å². The molecule has 3 N–H and O–H groups in total. The van der Waals surface area contributed by atoms with Gasteiger partial charge in [0.15, 0.2) is 11.5 Å². The van der Waals surface area contributed by atoms with E-state index >= 15 is 0 Å². The van der Waals surface area contributed by atoms with Crippen LogP contribution in [0.2, 0.25) is 0 Å². The van der Waals surface area contributed by atoms with E-state index in [2.05, 4.69) is 29.6 Å². The maximum absolute atomic E-state index is 9.84. The molecule has 0 radical (unpaired) electrons. The number of fused-ring (bicyclic) bond motifs is 5. The molecule has 4 heteroatoms. The number of rotatable bonds is 0. The van der Waals surface area contributed by atoms with Gasteiger partial charge in [-0.25, -0.2) is 0 Å². The number of nitrogens with one attached hydrogen (secondary N) is 1. The van der Waals surface area contributed by atoms with Crippen LogP contribution in [0.5, 0.6) is 11.5 Å². The molecule has 0 bridgehead atoms. The number of halogens is 1. The van der Waals surface area contributed by atoms with Gasteiger partial charge in [-0.3, -0.25) is 0 Å². The van der Waals surface area contributed by atoms with Crippen LogP contribution in [0.4, 0.5) is 0 Å². The van der Waals surface area contributed by atoms with Gasteiger partial charge in [-0.05, 0) is 47.2 Å². The smallest absolute Gasteiger partial charge is 0.157 e. The average Bonchev–Trinajstić information content (AvgIpc) is 2.48. The van der Waals surface area contributed by atoms with E-state index in [4.69, 9.17) is 0 Å². The number of aryl methyl sites for hydroxylation is 1. The van der Waals surface area contributed by atoms with Gasteiger partial charge in [0.05, 0.1) is 0 Å². The van der Waals surface area contributed by atoms with Crippen LogP contribution in [0.15, 0.2) is 36.4 Å². The minimum atomic E-state index is -0.0209. The van der Waals surface area contributed by atoms with Crippen molar-refractivity contribution in [3.8, 4) is 11.5 Å². The topological polar surface area (TPSA) is 52.5 Å². The zero-order chi connectivity index (χ0) is 13.7. The molecule has 110 valence electrons. The predicted molar refractivity (Wildman–Crippen MR) is 84.3 cm³/mol. The van der Waals surface area contributed by atoms with E-state index in [1.165, 1.54) is 11.1 Å². The fourth-order valence-electron chi connectivity index (χ4n) is 3.68. The Bertz CT molecular complexity index is 686. The Morgan fingerprint density at radius 3 is 2.57 bits per heavy atom. The highest BCUT2D eigenvalue weighted by Crippen LogP contribution is 2.43. The third-order valence-corrected chi connectivity index (χ3v) is 4.64. The average molecular weight is 304 g/mol. The number of benzene rings is 2. The van der Waals surface area contributed by atoms with Crippen molar-refractivity contribution in [1.29, 1.82) is 0 Å². The lowest BCUT2D eigenvalue weighted by molar-refractivity contribution is 0.380. The van der Waals surface area contributed by atoms with Crippen molar-refractivity contribution >= 4 is 12.4 Å². The summed E-state index contributed by atoms with van der Waals surface area (Å²) in [5.74, 6) is 0.238. The molecule has 0 amide bonds. The second kappa shape index (κ2) is 5.24. The van der Waals surface area contributed by atoms with Gasteiger partial charge >= 0.3 is 0 Å². The Kier molecular flexibility index (Phi) is 3.56. The van der Waals surface area contributed by atoms with E-state index in [1.807, 2.05) is 0 Å². The molecule has 0 spiro atoms. The number of aromatic hydroxyl groups is 2. The van der Waals surface area contributed by atoms with Gasteiger partial charge in [-0.1, -0.05) is 24.3 Å². The highest BCUT2D eigenvalue weighted by molar-refractivity contribution is 5.85. The predicted octanol–water partition coefficient (Wildman–Crippen LogP) is 3.07. The molecule has 1 aliphatic carbocycles. The van der Waals surface area contributed by atoms with Crippen molar-refractivity contribution in [1.82, 2.24) is 5.32 Å². The molecule has 3 nitrogen and oxygen atoms in total. The van der Waals surface area contributed by atoms with E-state index in [0.717, 1.165) is 30.5 Å². The second-order valence-corrected chi connectivity index (χ2v) is 5.74. The summed E-state index contributed by atoms with van der Waals surface area (Å²) in [6.45, 7) is 0.913. The standard InChI is InChI=1S/C17H17NO2.ClH/c19-15-7-10-5-6-14-17(13(10)8-16(15)20)12-4-2-1-3-11(12)9-18-14;/h1-4,7-8,14,17-20H,5-6,9H2;1H/t14-,17-;/m0./s1. The molecule has 2 aromatic rings. The number of hydrogen-bond donors (Lipinski definition) is 3. The first kappa shape index (κ1) is 14.2. The minimum absolute atomic E-state index is 0. The van der Waals surface area contributed by atoms with Crippen LogP contribution >= 0.6 is 12.4 Å².